The highest BCUT2D eigenvalue weighted by Crippen LogP contribution is 2.28. The Morgan fingerprint density at radius 2 is 2.00 bits per heavy atom. The number of aromatic amines is 1. The van der Waals surface area contributed by atoms with Crippen molar-refractivity contribution in [3.63, 3.8) is 0 Å². The largest absolute Gasteiger partial charge is 0.336 e. The number of hydrogen-bond donors (Lipinski definition) is 1. The first kappa shape index (κ1) is 17.5. The van der Waals surface area contributed by atoms with Crippen LogP contribution in [-0.2, 0) is 24.3 Å². The van der Waals surface area contributed by atoms with Crippen LogP contribution in [0.25, 0.3) is 11.3 Å². The summed E-state index contributed by atoms with van der Waals surface area (Å²) in [6, 6.07) is 10.9. The van der Waals surface area contributed by atoms with Crippen LogP contribution in [0.2, 0.25) is 5.15 Å². The Bertz CT molecular complexity index is 1050. The van der Waals surface area contributed by atoms with E-state index >= 15 is 0 Å². The highest BCUT2D eigenvalue weighted by molar-refractivity contribution is 6.29. The van der Waals surface area contributed by atoms with Crippen LogP contribution >= 0.6 is 11.6 Å². The average molecular weight is 384 g/mol. The van der Waals surface area contributed by atoms with Crippen molar-refractivity contribution in [2.45, 2.75) is 26.4 Å². The summed E-state index contributed by atoms with van der Waals surface area (Å²) in [6.07, 6.45) is 0.692. The molecule has 138 valence electrons. The lowest BCUT2D eigenvalue weighted by atomic mass is 10.0. The molecule has 8 heteroatoms. The molecular formula is C19H18ClN5O2. The summed E-state index contributed by atoms with van der Waals surface area (Å²) in [7, 11) is 0. The van der Waals surface area contributed by atoms with Crippen molar-refractivity contribution < 1.29 is 4.79 Å². The first-order chi connectivity index (χ1) is 13.0. The number of nitrogens with zero attached hydrogens (tertiary/aromatic N) is 4. The molecule has 1 aliphatic rings. The number of carbonyl (C=O) groups is 1. The maximum atomic E-state index is 12.7. The van der Waals surface area contributed by atoms with Gasteiger partial charge in [-0.3, -0.25) is 14.7 Å². The van der Waals surface area contributed by atoms with Gasteiger partial charge in [-0.25, -0.2) is 4.68 Å². The molecule has 0 saturated carbocycles. The van der Waals surface area contributed by atoms with Crippen LogP contribution in [0.4, 0.5) is 0 Å². The van der Waals surface area contributed by atoms with Gasteiger partial charge in [0.05, 0.1) is 5.69 Å². The highest BCUT2D eigenvalue weighted by atomic mass is 35.5. The predicted molar refractivity (Wildman–Crippen MR) is 101 cm³/mol. The van der Waals surface area contributed by atoms with Gasteiger partial charge in [0.2, 0.25) is 5.91 Å². The third kappa shape index (κ3) is 3.50. The van der Waals surface area contributed by atoms with E-state index in [9.17, 15) is 9.59 Å². The van der Waals surface area contributed by atoms with Crippen molar-refractivity contribution in [2.24, 2.45) is 0 Å². The van der Waals surface area contributed by atoms with Crippen molar-refractivity contribution in [2.75, 3.05) is 6.54 Å². The summed E-state index contributed by atoms with van der Waals surface area (Å²) >= 11 is 5.83. The third-order valence-corrected chi connectivity index (χ3v) is 4.93. The minimum absolute atomic E-state index is 0.132. The second kappa shape index (κ2) is 7.00. The number of aryl methyl sites for hydroxylation is 1. The number of halogens is 1. The molecule has 0 radical (unpaired) electrons. The Balaban J connectivity index is 1.56. The highest BCUT2D eigenvalue weighted by Gasteiger charge is 2.26. The molecule has 0 fully saturated rings. The lowest BCUT2D eigenvalue weighted by molar-refractivity contribution is -0.133. The van der Waals surface area contributed by atoms with Gasteiger partial charge in [0.15, 0.2) is 0 Å². The summed E-state index contributed by atoms with van der Waals surface area (Å²) in [5.41, 5.74) is 4.77. The van der Waals surface area contributed by atoms with Crippen molar-refractivity contribution in [1.82, 2.24) is 24.9 Å². The van der Waals surface area contributed by atoms with Gasteiger partial charge < -0.3 is 4.90 Å². The number of hydrogen-bond acceptors (Lipinski definition) is 4. The molecule has 0 bridgehead atoms. The van der Waals surface area contributed by atoms with Gasteiger partial charge in [0, 0.05) is 42.4 Å². The topological polar surface area (TPSA) is 83.9 Å². The number of H-pyrrole nitrogens is 1. The lowest BCUT2D eigenvalue weighted by Gasteiger charge is -2.27. The smallest absolute Gasteiger partial charge is 0.267 e. The molecule has 0 unspecified atom stereocenters. The molecule has 3 aromatic rings. The Kier molecular flexibility index (Phi) is 4.53. The van der Waals surface area contributed by atoms with Crippen molar-refractivity contribution >= 4 is 17.5 Å². The Morgan fingerprint density at radius 3 is 2.78 bits per heavy atom. The van der Waals surface area contributed by atoms with Crippen molar-refractivity contribution in [1.29, 1.82) is 0 Å². The van der Waals surface area contributed by atoms with Gasteiger partial charge in [0.25, 0.3) is 5.56 Å². The zero-order chi connectivity index (χ0) is 19.0. The minimum atomic E-state index is -0.353. The van der Waals surface area contributed by atoms with Gasteiger partial charge >= 0.3 is 0 Å². The number of fused-ring (bicyclic) bond motifs is 1. The monoisotopic (exact) mass is 383 g/mol. The van der Waals surface area contributed by atoms with Gasteiger partial charge in [-0.1, -0.05) is 41.4 Å². The Labute approximate surface area is 160 Å². The Hall–Kier alpha value is -2.93. The van der Waals surface area contributed by atoms with E-state index in [1.807, 2.05) is 31.2 Å². The van der Waals surface area contributed by atoms with Crippen molar-refractivity contribution in [3.05, 3.63) is 68.7 Å². The molecule has 1 aliphatic heterocycles. The van der Waals surface area contributed by atoms with Crippen LogP contribution in [0.3, 0.4) is 0 Å². The lowest BCUT2D eigenvalue weighted by Crippen LogP contribution is -2.40. The van der Waals surface area contributed by atoms with E-state index in [0.29, 0.717) is 19.5 Å². The molecule has 0 aliphatic carbocycles. The maximum absolute atomic E-state index is 12.7. The second-order valence-corrected chi connectivity index (χ2v) is 7.00. The molecule has 4 rings (SSSR count). The zero-order valence-electron chi connectivity index (χ0n) is 14.8. The van der Waals surface area contributed by atoms with Gasteiger partial charge in [0.1, 0.15) is 11.7 Å². The maximum Gasteiger partial charge on any atom is 0.267 e. The summed E-state index contributed by atoms with van der Waals surface area (Å²) in [5.74, 6) is -0.173. The molecule has 0 spiro atoms. The van der Waals surface area contributed by atoms with Crippen LogP contribution in [0.1, 0.15) is 16.8 Å². The molecule has 7 nitrogen and oxygen atoms in total. The SMILES string of the molecule is Cc1ccc(-c2n[nH]c3c2CN(C(=O)Cn2nc(Cl)ccc2=O)CC3)cc1. The summed E-state index contributed by atoms with van der Waals surface area (Å²) in [5, 5.41) is 11.6. The first-order valence-corrected chi connectivity index (χ1v) is 9.03. The number of carbonyl (C=O) groups excluding carboxylic acids is 1. The van der Waals surface area contributed by atoms with E-state index in [4.69, 9.17) is 11.6 Å². The van der Waals surface area contributed by atoms with E-state index in [1.165, 1.54) is 17.7 Å². The zero-order valence-corrected chi connectivity index (χ0v) is 15.5. The van der Waals surface area contributed by atoms with Crippen LogP contribution in [0.15, 0.2) is 41.2 Å². The number of amides is 1. The Morgan fingerprint density at radius 1 is 1.22 bits per heavy atom. The number of aromatic nitrogens is 4. The fourth-order valence-electron chi connectivity index (χ4n) is 3.22. The van der Waals surface area contributed by atoms with Crippen LogP contribution < -0.4 is 5.56 Å². The summed E-state index contributed by atoms with van der Waals surface area (Å²) in [6.45, 7) is 2.92. The number of nitrogens with one attached hydrogen (secondary N) is 1. The molecule has 0 saturated heterocycles. The number of benzene rings is 1. The third-order valence-electron chi connectivity index (χ3n) is 4.73. The van der Waals surface area contributed by atoms with E-state index in [1.54, 1.807) is 4.90 Å². The second-order valence-electron chi connectivity index (χ2n) is 6.61. The van der Waals surface area contributed by atoms with Crippen LogP contribution in [0.5, 0.6) is 0 Å². The molecule has 1 N–H and O–H groups in total. The molecule has 0 atom stereocenters. The summed E-state index contributed by atoms with van der Waals surface area (Å²) in [4.78, 5) is 26.3. The van der Waals surface area contributed by atoms with Gasteiger partial charge in [-0.05, 0) is 13.0 Å². The molecule has 2 aromatic heterocycles. The van der Waals surface area contributed by atoms with E-state index in [0.717, 1.165) is 27.2 Å². The van der Waals surface area contributed by atoms with Crippen LogP contribution in [-0.4, -0.2) is 37.3 Å². The first-order valence-electron chi connectivity index (χ1n) is 8.66. The van der Waals surface area contributed by atoms with Gasteiger partial charge in [-0.15, -0.1) is 0 Å². The standard InChI is InChI=1S/C19H18ClN5O2/c1-12-2-4-13(5-3-12)19-14-10-24(9-8-15(14)21-22-19)18(27)11-25-17(26)7-6-16(20)23-25/h2-7H,8-11H2,1H3,(H,21,22). The fourth-order valence-corrected chi connectivity index (χ4v) is 3.38. The predicted octanol–water partition coefficient (Wildman–Crippen LogP) is 2.18. The van der Waals surface area contributed by atoms with Gasteiger partial charge in [-0.2, -0.15) is 10.2 Å². The molecule has 1 amide bonds. The van der Waals surface area contributed by atoms with Crippen molar-refractivity contribution in [3.8, 4) is 11.3 Å². The normalized spacial score (nSPS) is 13.5. The molecular weight excluding hydrogens is 366 g/mol. The summed E-state index contributed by atoms with van der Waals surface area (Å²) < 4.78 is 1.09. The number of rotatable bonds is 3. The minimum Gasteiger partial charge on any atom is -0.336 e. The van der Waals surface area contributed by atoms with Crippen LogP contribution in [0, 0.1) is 6.92 Å². The molecule has 1 aromatic carbocycles. The van der Waals surface area contributed by atoms with E-state index < -0.39 is 0 Å². The quantitative estimate of drug-likeness (QED) is 0.751. The fraction of sp³-hybridized carbons (Fsp3) is 0.263. The molecule has 3 heterocycles. The van der Waals surface area contributed by atoms with E-state index in [-0.39, 0.29) is 23.2 Å². The molecule has 27 heavy (non-hydrogen) atoms. The van der Waals surface area contributed by atoms with E-state index in [2.05, 4.69) is 15.3 Å². The average Bonchev–Trinajstić information content (AvgIpc) is 3.08.